The van der Waals surface area contributed by atoms with Crippen LogP contribution in [0.2, 0.25) is 0 Å². The van der Waals surface area contributed by atoms with Crippen molar-refractivity contribution in [3.8, 4) is 5.88 Å². The number of ether oxygens (including phenoxy) is 2. The van der Waals surface area contributed by atoms with E-state index in [9.17, 15) is 4.79 Å². The van der Waals surface area contributed by atoms with Gasteiger partial charge >= 0.3 is 6.16 Å². The lowest BCUT2D eigenvalue weighted by Crippen LogP contribution is -2.17. The number of nitrogens with zero attached hydrogens (tertiary/aromatic N) is 2. The van der Waals surface area contributed by atoms with Crippen LogP contribution in [0.1, 0.15) is 64.8 Å². The van der Waals surface area contributed by atoms with Crippen LogP contribution in [0.4, 0.5) is 4.79 Å². The Balaban J connectivity index is 2.90. The number of hydrogen-bond donors (Lipinski definition) is 0. The van der Waals surface area contributed by atoms with Gasteiger partial charge in [0.05, 0.1) is 12.3 Å². The molecule has 0 fully saturated rings. The van der Waals surface area contributed by atoms with Gasteiger partial charge in [0.25, 0.3) is 0 Å². The molecule has 1 rings (SSSR count). The maximum absolute atomic E-state index is 11.7. The Kier molecular flexibility index (Phi) is 5.92. The van der Waals surface area contributed by atoms with Gasteiger partial charge in [-0.25, -0.2) is 9.78 Å². The number of rotatable bonds is 5. The fourth-order valence-electron chi connectivity index (χ4n) is 1.49. The second-order valence-corrected chi connectivity index (χ2v) is 5.85. The molecule has 20 heavy (non-hydrogen) atoms. The van der Waals surface area contributed by atoms with Gasteiger partial charge in [0.15, 0.2) is 0 Å². The van der Waals surface area contributed by atoms with E-state index in [2.05, 4.69) is 9.97 Å². The summed E-state index contributed by atoms with van der Waals surface area (Å²) in [6, 6.07) is 0. The molecule has 0 unspecified atom stereocenters. The highest BCUT2D eigenvalue weighted by molar-refractivity contribution is 5.63. The Hall–Kier alpha value is -1.65. The maximum atomic E-state index is 11.7. The summed E-state index contributed by atoms with van der Waals surface area (Å²) >= 11 is 0. The Morgan fingerprint density at radius 2 is 1.80 bits per heavy atom. The molecule has 0 aliphatic heterocycles. The lowest BCUT2D eigenvalue weighted by molar-refractivity contribution is 0.0864. The van der Waals surface area contributed by atoms with E-state index in [1.165, 1.54) is 0 Å². The third-order valence-corrected chi connectivity index (χ3v) is 2.64. The van der Waals surface area contributed by atoms with E-state index in [0.29, 0.717) is 12.3 Å². The fraction of sp³-hybridized carbons (Fsp3) is 0.667. The molecule has 0 saturated carbocycles. The van der Waals surface area contributed by atoms with Crippen molar-refractivity contribution in [3.05, 3.63) is 17.6 Å². The van der Waals surface area contributed by atoms with Crippen LogP contribution in [-0.4, -0.2) is 22.7 Å². The van der Waals surface area contributed by atoms with Crippen molar-refractivity contribution in [1.29, 1.82) is 0 Å². The zero-order chi connectivity index (χ0) is 15.3. The first-order chi connectivity index (χ1) is 9.31. The molecule has 0 aliphatic carbocycles. The Morgan fingerprint density at radius 3 is 2.30 bits per heavy atom. The first-order valence-electron chi connectivity index (χ1n) is 7.02. The molecule has 0 saturated heterocycles. The first-order valence-corrected chi connectivity index (χ1v) is 7.02. The third kappa shape index (κ3) is 4.79. The van der Waals surface area contributed by atoms with Crippen molar-refractivity contribution in [2.45, 2.75) is 53.4 Å². The van der Waals surface area contributed by atoms with E-state index < -0.39 is 6.16 Å². The minimum atomic E-state index is -0.726. The van der Waals surface area contributed by atoms with Crippen molar-refractivity contribution in [3.63, 3.8) is 0 Å². The minimum absolute atomic E-state index is 0.122. The van der Waals surface area contributed by atoms with Gasteiger partial charge < -0.3 is 9.47 Å². The average molecular weight is 280 g/mol. The summed E-state index contributed by atoms with van der Waals surface area (Å²) in [5, 5.41) is 0. The predicted molar refractivity (Wildman–Crippen MR) is 77.0 cm³/mol. The summed E-state index contributed by atoms with van der Waals surface area (Å²) in [5.74, 6) is 0.856. The number of carbonyl (C=O) groups excluding carboxylic acids is 1. The summed E-state index contributed by atoms with van der Waals surface area (Å²) < 4.78 is 10.2. The van der Waals surface area contributed by atoms with Crippen LogP contribution in [0.3, 0.4) is 0 Å². The standard InChI is InChI=1S/C15H24N2O3/c1-9(2)8-19-15(18)20-14-13(11(5)6)16-7-12(17-14)10(3)4/h7,9-11H,8H2,1-6H3. The predicted octanol–water partition coefficient (Wildman–Crippen LogP) is 3.89. The molecule has 112 valence electrons. The molecule has 0 atom stereocenters. The number of carbonyl (C=O) groups is 1. The van der Waals surface area contributed by atoms with Gasteiger partial charge in [-0.15, -0.1) is 0 Å². The van der Waals surface area contributed by atoms with E-state index in [1.807, 2.05) is 41.5 Å². The molecule has 1 aromatic heterocycles. The average Bonchev–Trinajstić information content (AvgIpc) is 2.35. The van der Waals surface area contributed by atoms with Crippen LogP contribution in [0.5, 0.6) is 5.88 Å². The van der Waals surface area contributed by atoms with E-state index in [0.717, 1.165) is 5.69 Å². The smallest absolute Gasteiger partial charge is 0.434 e. The highest BCUT2D eigenvalue weighted by Gasteiger charge is 2.18. The van der Waals surface area contributed by atoms with Crippen molar-refractivity contribution in [2.75, 3.05) is 6.61 Å². The first kappa shape index (κ1) is 16.4. The molecule has 0 radical (unpaired) electrons. The molecule has 5 nitrogen and oxygen atoms in total. The topological polar surface area (TPSA) is 61.3 Å². The molecule has 0 spiro atoms. The van der Waals surface area contributed by atoms with Crippen molar-refractivity contribution >= 4 is 6.16 Å². The van der Waals surface area contributed by atoms with Gasteiger partial charge in [-0.3, -0.25) is 4.98 Å². The highest BCUT2D eigenvalue weighted by Crippen LogP contribution is 2.24. The summed E-state index contributed by atoms with van der Waals surface area (Å²) in [4.78, 5) is 20.4. The Morgan fingerprint density at radius 1 is 1.15 bits per heavy atom. The fourth-order valence-corrected chi connectivity index (χ4v) is 1.49. The van der Waals surface area contributed by atoms with Crippen molar-refractivity contribution < 1.29 is 14.3 Å². The van der Waals surface area contributed by atoms with E-state index in [1.54, 1.807) is 6.20 Å². The molecule has 1 aromatic rings. The SMILES string of the molecule is CC(C)COC(=O)Oc1nc(C(C)C)cnc1C(C)C. The van der Waals surface area contributed by atoms with Crippen LogP contribution >= 0.6 is 0 Å². The second-order valence-electron chi connectivity index (χ2n) is 5.85. The minimum Gasteiger partial charge on any atom is -0.434 e. The summed E-state index contributed by atoms with van der Waals surface area (Å²) in [7, 11) is 0. The van der Waals surface area contributed by atoms with Gasteiger partial charge in [0, 0.05) is 12.1 Å². The molecule has 1 heterocycles. The van der Waals surface area contributed by atoms with Crippen LogP contribution in [0.15, 0.2) is 6.20 Å². The number of hydrogen-bond acceptors (Lipinski definition) is 5. The quantitative estimate of drug-likeness (QED) is 0.766. The molecule has 5 heteroatoms. The monoisotopic (exact) mass is 280 g/mol. The Labute approximate surface area is 120 Å². The maximum Gasteiger partial charge on any atom is 0.515 e. The highest BCUT2D eigenvalue weighted by atomic mass is 16.7. The molecule has 0 N–H and O–H groups in total. The zero-order valence-electron chi connectivity index (χ0n) is 13.1. The van der Waals surface area contributed by atoms with E-state index in [4.69, 9.17) is 9.47 Å². The van der Waals surface area contributed by atoms with Crippen LogP contribution < -0.4 is 4.74 Å². The molecule has 0 bridgehead atoms. The molecule has 0 aromatic carbocycles. The summed E-state index contributed by atoms with van der Waals surface area (Å²) in [6.07, 6.45) is 1.00. The van der Waals surface area contributed by atoms with Gasteiger partial charge in [-0.2, -0.15) is 0 Å². The lowest BCUT2D eigenvalue weighted by atomic mass is 10.1. The largest absolute Gasteiger partial charge is 0.515 e. The van der Waals surface area contributed by atoms with Gasteiger partial charge in [0.2, 0.25) is 5.88 Å². The Bertz CT molecular complexity index is 456. The van der Waals surface area contributed by atoms with E-state index >= 15 is 0 Å². The van der Waals surface area contributed by atoms with Crippen LogP contribution in [0.25, 0.3) is 0 Å². The number of aromatic nitrogens is 2. The van der Waals surface area contributed by atoms with Gasteiger partial charge in [0.1, 0.15) is 5.69 Å². The molecule has 0 amide bonds. The van der Waals surface area contributed by atoms with Crippen molar-refractivity contribution in [1.82, 2.24) is 9.97 Å². The third-order valence-electron chi connectivity index (χ3n) is 2.64. The van der Waals surface area contributed by atoms with Crippen molar-refractivity contribution in [2.24, 2.45) is 5.92 Å². The zero-order valence-corrected chi connectivity index (χ0v) is 13.1. The van der Waals surface area contributed by atoms with Crippen LogP contribution in [0, 0.1) is 5.92 Å². The normalized spacial score (nSPS) is 11.2. The second kappa shape index (κ2) is 7.22. The molecular weight excluding hydrogens is 256 g/mol. The van der Waals surface area contributed by atoms with Gasteiger partial charge in [-0.05, 0) is 11.8 Å². The molecule has 0 aliphatic rings. The van der Waals surface area contributed by atoms with Gasteiger partial charge in [-0.1, -0.05) is 41.5 Å². The van der Waals surface area contributed by atoms with E-state index in [-0.39, 0.29) is 23.6 Å². The summed E-state index contributed by atoms with van der Waals surface area (Å²) in [6.45, 7) is 12.2. The lowest BCUT2D eigenvalue weighted by Gasteiger charge is -2.13. The molecular formula is C15H24N2O3. The van der Waals surface area contributed by atoms with Crippen LogP contribution in [-0.2, 0) is 4.74 Å². The summed E-state index contributed by atoms with van der Waals surface area (Å²) in [5.41, 5.74) is 1.46.